The minimum atomic E-state index is 1.01. The summed E-state index contributed by atoms with van der Waals surface area (Å²) in [5.74, 6) is 2.09. The molecule has 1 aliphatic rings. The minimum absolute atomic E-state index is 1.01. The molecule has 1 atom stereocenters. The van der Waals surface area contributed by atoms with Gasteiger partial charge in [0.25, 0.3) is 0 Å². The van der Waals surface area contributed by atoms with Crippen molar-refractivity contribution >= 4 is 0 Å². The van der Waals surface area contributed by atoms with Crippen LogP contribution in [0.1, 0.15) is 110 Å². The molecule has 0 spiro atoms. The van der Waals surface area contributed by atoms with E-state index in [1.165, 1.54) is 96.3 Å². The monoisotopic (exact) mass is 266 g/mol. The molecule has 0 amide bonds. The summed E-state index contributed by atoms with van der Waals surface area (Å²) in [6.07, 6.45) is 22.3. The Kier molecular flexibility index (Phi) is 10.6. The molecule has 0 heterocycles. The van der Waals surface area contributed by atoms with E-state index in [4.69, 9.17) is 0 Å². The smallest absolute Gasteiger partial charge is 0.0388 e. The molecule has 1 rings (SSSR count). The van der Waals surface area contributed by atoms with Crippen LogP contribution in [-0.2, 0) is 0 Å². The fourth-order valence-corrected chi connectivity index (χ4v) is 3.72. The normalized spacial score (nSPS) is 18.0. The molecule has 0 bridgehead atoms. The van der Waals surface area contributed by atoms with E-state index < -0.39 is 0 Å². The molecule has 0 aromatic heterocycles. The molecule has 114 valence electrons. The van der Waals surface area contributed by atoms with Crippen LogP contribution >= 0.6 is 0 Å². The molecule has 0 saturated heterocycles. The van der Waals surface area contributed by atoms with Gasteiger partial charge in [-0.15, -0.1) is 0 Å². The third-order valence-corrected chi connectivity index (χ3v) is 5.22. The first kappa shape index (κ1) is 17.1. The van der Waals surface area contributed by atoms with E-state index in [0.29, 0.717) is 0 Å². The summed E-state index contributed by atoms with van der Waals surface area (Å²) in [6.45, 7) is 4.80. The Morgan fingerprint density at radius 1 is 0.737 bits per heavy atom. The zero-order valence-corrected chi connectivity index (χ0v) is 13.8. The van der Waals surface area contributed by atoms with E-state index in [9.17, 15) is 0 Å². The summed E-state index contributed by atoms with van der Waals surface area (Å²) in [5.41, 5.74) is 0. The van der Waals surface area contributed by atoms with Crippen LogP contribution in [-0.4, -0.2) is 0 Å². The minimum Gasteiger partial charge on any atom is -0.0654 e. The van der Waals surface area contributed by atoms with Crippen molar-refractivity contribution < 1.29 is 0 Å². The van der Waals surface area contributed by atoms with Crippen molar-refractivity contribution in [3.63, 3.8) is 0 Å². The van der Waals surface area contributed by atoms with Crippen LogP contribution in [0.25, 0.3) is 0 Å². The molecule has 0 heteroatoms. The summed E-state index contributed by atoms with van der Waals surface area (Å²) >= 11 is 0. The SMILES string of the molecule is CCCCCCCCCCCCC(C)C1CCCC1. The average Bonchev–Trinajstić information content (AvgIpc) is 2.95. The number of rotatable bonds is 12. The Balaban J connectivity index is 1.78. The molecule has 0 nitrogen and oxygen atoms in total. The molecule has 19 heavy (non-hydrogen) atoms. The second-order valence-corrected chi connectivity index (χ2v) is 6.99. The van der Waals surface area contributed by atoms with Crippen molar-refractivity contribution in [3.05, 3.63) is 0 Å². The fourth-order valence-electron chi connectivity index (χ4n) is 3.72. The highest BCUT2D eigenvalue weighted by Crippen LogP contribution is 2.33. The first-order valence-electron chi connectivity index (χ1n) is 9.34. The second kappa shape index (κ2) is 11.8. The predicted octanol–water partition coefficient (Wildman–Crippen LogP) is 7.12. The van der Waals surface area contributed by atoms with Crippen molar-refractivity contribution in [1.29, 1.82) is 0 Å². The van der Waals surface area contributed by atoms with E-state index in [-0.39, 0.29) is 0 Å². The van der Waals surface area contributed by atoms with Gasteiger partial charge in [-0.3, -0.25) is 0 Å². The van der Waals surface area contributed by atoms with Gasteiger partial charge in [0.15, 0.2) is 0 Å². The van der Waals surface area contributed by atoms with Crippen LogP contribution in [0.5, 0.6) is 0 Å². The second-order valence-electron chi connectivity index (χ2n) is 6.99. The van der Waals surface area contributed by atoms with Gasteiger partial charge in [0, 0.05) is 0 Å². The fraction of sp³-hybridized carbons (Fsp3) is 1.00. The number of unbranched alkanes of at least 4 members (excludes halogenated alkanes) is 9. The Bertz CT molecular complexity index is 178. The van der Waals surface area contributed by atoms with Gasteiger partial charge < -0.3 is 0 Å². The Morgan fingerprint density at radius 3 is 1.74 bits per heavy atom. The maximum absolute atomic E-state index is 2.50. The molecular formula is C19H38. The molecule has 0 radical (unpaired) electrons. The molecule has 1 fully saturated rings. The van der Waals surface area contributed by atoms with E-state index in [1.807, 2.05) is 0 Å². The lowest BCUT2D eigenvalue weighted by molar-refractivity contribution is 0.333. The first-order valence-corrected chi connectivity index (χ1v) is 9.34. The van der Waals surface area contributed by atoms with Crippen molar-refractivity contribution in [2.24, 2.45) is 11.8 Å². The maximum Gasteiger partial charge on any atom is -0.0388 e. The lowest BCUT2D eigenvalue weighted by Crippen LogP contribution is -2.07. The first-order chi connectivity index (χ1) is 9.34. The largest absolute Gasteiger partial charge is 0.0654 e. The molecule has 0 N–H and O–H groups in total. The summed E-state index contributed by atoms with van der Waals surface area (Å²) in [5, 5.41) is 0. The summed E-state index contributed by atoms with van der Waals surface area (Å²) < 4.78 is 0. The Labute approximate surface area is 122 Å². The van der Waals surface area contributed by atoms with Gasteiger partial charge in [-0.1, -0.05) is 110 Å². The lowest BCUT2D eigenvalue weighted by atomic mass is 9.88. The van der Waals surface area contributed by atoms with Crippen molar-refractivity contribution in [2.45, 2.75) is 110 Å². The molecule has 0 aromatic rings. The van der Waals surface area contributed by atoms with Gasteiger partial charge in [0.05, 0.1) is 0 Å². The molecular weight excluding hydrogens is 228 g/mol. The third kappa shape index (κ3) is 8.71. The van der Waals surface area contributed by atoms with Crippen LogP contribution in [0.3, 0.4) is 0 Å². The average molecular weight is 267 g/mol. The number of hydrogen-bond acceptors (Lipinski definition) is 0. The zero-order valence-electron chi connectivity index (χ0n) is 13.8. The highest BCUT2D eigenvalue weighted by Gasteiger charge is 2.20. The maximum atomic E-state index is 2.50. The number of hydrogen-bond donors (Lipinski definition) is 0. The Hall–Kier alpha value is 0. The van der Waals surface area contributed by atoms with Gasteiger partial charge >= 0.3 is 0 Å². The molecule has 1 aliphatic carbocycles. The van der Waals surface area contributed by atoms with E-state index in [0.717, 1.165) is 11.8 Å². The van der Waals surface area contributed by atoms with Crippen LogP contribution in [0, 0.1) is 11.8 Å². The zero-order chi connectivity index (χ0) is 13.8. The standard InChI is InChI=1S/C19H38/c1-3-4-5-6-7-8-9-10-11-12-15-18(2)19-16-13-14-17-19/h18-19H,3-17H2,1-2H3. The Morgan fingerprint density at radius 2 is 1.21 bits per heavy atom. The van der Waals surface area contributed by atoms with E-state index in [2.05, 4.69) is 13.8 Å². The summed E-state index contributed by atoms with van der Waals surface area (Å²) in [7, 11) is 0. The van der Waals surface area contributed by atoms with Crippen LogP contribution in [0.2, 0.25) is 0 Å². The van der Waals surface area contributed by atoms with Crippen molar-refractivity contribution in [1.82, 2.24) is 0 Å². The summed E-state index contributed by atoms with van der Waals surface area (Å²) in [6, 6.07) is 0. The van der Waals surface area contributed by atoms with Crippen molar-refractivity contribution in [3.8, 4) is 0 Å². The highest BCUT2D eigenvalue weighted by atomic mass is 14.3. The van der Waals surface area contributed by atoms with E-state index in [1.54, 1.807) is 0 Å². The predicted molar refractivity (Wildman–Crippen MR) is 87.6 cm³/mol. The molecule has 1 saturated carbocycles. The molecule has 0 aromatic carbocycles. The van der Waals surface area contributed by atoms with Crippen LogP contribution in [0.4, 0.5) is 0 Å². The van der Waals surface area contributed by atoms with Gasteiger partial charge in [-0.25, -0.2) is 0 Å². The third-order valence-electron chi connectivity index (χ3n) is 5.22. The van der Waals surface area contributed by atoms with Crippen molar-refractivity contribution in [2.75, 3.05) is 0 Å². The van der Waals surface area contributed by atoms with Gasteiger partial charge in [0.1, 0.15) is 0 Å². The quantitative estimate of drug-likeness (QED) is 0.330. The van der Waals surface area contributed by atoms with E-state index >= 15 is 0 Å². The van der Waals surface area contributed by atoms with Gasteiger partial charge in [-0.2, -0.15) is 0 Å². The van der Waals surface area contributed by atoms with Crippen LogP contribution in [0.15, 0.2) is 0 Å². The van der Waals surface area contributed by atoms with Gasteiger partial charge in [0.2, 0.25) is 0 Å². The molecule has 0 aliphatic heterocycles. The van der Waals surface area contributed by atoms with Crippen LogP contribution < -0.4 is 0 Å². The topological polar surface area (TPSA) is 0 Å². The highest BCUT2D eigenvalue weighted by molar-refractivity contribution is 4.72. The summed E-state index contributed by atoms with van der Waals surface area (Å²) in [4.78, 5) is 0. The lowest BCUT2D eigenvalue weighted by Gasteiger charge is -2.18. The molecule has 1 unspecified atom stereocenters. The van der Waals surface area contributed by atoms with Gasteiger partial charge in [-0.05, 0) is 11.8 Å².